The number of nitrogens with two attached hydrogens (primary N) is 1. The van der Waals surface area contributed by atoms with E-state index in [-0.39, 0.29) is 17.3 Å². The van der Waals surface area contributed by atoms with Crippen molar-refractivity contribution in [1.82, 2.24) is 29.9 Å². The molecule has 0 radical (unpaired) electrons. The van der Waals surface area contributed by atoms with E-state index in [1.807, 2.05) is 54.8 Å². The van der Waals surface area contributed by atoms with Crippen molar-refractivity contribution >= 4 is 38.9 Å². The molecule has 1 atom stereocenters. The van der Waals surface area contributed by atoms with Crippen molar-refractivity contribution in [3.63, 3.8) is 0 Å². The monoisotopic (exact) mass is 515 g/mol. The predicted octanol–water partition coefficient (Wildman–Crippen LogP) is 4.87. The van der Waals surface area contributed by atoms with Crippen molar-refractivity contribution < 1.29 is 4.79 Å². The van der Waals surface area contributed by atoms with Gasteiger partial charge in [-0.2, -0.15) is 0 Å². The van der Waals surface area contributed by atoms with Gasteiger partial charge in [0.1, 0.15) is 10.4 Å². The van der Waals surface area contributed by atoms with Gasteiger partial charge in [-0.15, -0.1) is 16.4 Å². The Hall–Kier alpha value is -5.07. The number of anilines is 1. The first-order chi connectivity index (χ1) is 18.6. The minimum Gasteiger partial charge on any atom is -0.381 e. The van der Waals surface area contributed by atoms with Gasteiger partial charge >= 0.3 is 0 Å². The number of nitrogens with zero attached hydrogens (tertiary/aromatic N) is 5. The Morgan fingerprint density at radius 3 is 2.71 bits per heavy atom. The van der Waals surface area contributed by atoms with Crippen molar-refractivity contribution in [2.24, 2.45) is 0 Å². The molecular formula is C29H21N7OS. The summed E-state index contributed by atoms with van der Waals surface area (Å²) < 4.78 is 1.49. The SMILES string of the molecule is CC(NC(=O)c1c(N)nn2cccnc12)c1nc2scc(C#Cc3ccncc3)c2cc1-c1ccccc1. The molecule has 0 aliphatic carbocycles. The number of nitrogen functional groups attached to an aromatic ring is 1. The van der Waals surface area contributed by atoms with Crippen LogP contribution < -0.4 is 11.1 Å². The molecule has 6 rings (SSSR count). The summed E-state index contributed by atoms with van der Waals surface area (Å²) in [5, 5.41) is 10.2. The molecule has 1 unspecified atom stereocenters. The van der Waals surface area contributed by atoms with E-state index in [0.717, 1.165) is 38.2 Å². The van der Waals surface area contributed by atoms with Crippen LogP contribution in [0.15, 0.2) is 84.8 Å². The Labute approximate surface area is 222 Å². The number of aromatic nitrogens is 5. The van der Waals surface area contributed by atoms with Gasteiger partial charge in [-0.05, 0) is 36.8 Å². The average molecular weight is 516 g/mol. The molecule has 0 aliphatic rings. The number of nitrogens with one attached hydrogen (secondary N) is 1. The molecule has 8 nitrogen and oxygen atoms in total. The molecule has 5 aromatic heterocycles. The Bertz CT molecular complexity index is 1850. The largest absolute Gasteiger partial charge is 0.381 e. The molecule has 0 saturated carbocycles. The second-order valence-electron chi connectivity index (χ2n) is 8.62. The van der Waals surface area contributed by atoms with Gasteiger partial charge in [0, 0.05) is 52.2 Å². The normalized spacial score (nSPS) is 11.7. The zero-order valence-corrected chi connectivity index (χ0v) is 21.1. The second kappa shape index (κ2) is 9.76. The zero-order valence-electron chi connectivity index (χ0n) is 20.3. The zero-order chi connectivity index (χ0) is 26.1. The Kier molecular flexibility index (Phi) is 6.00. The number of fused-ring (bicyclic) bond motifs is 2. The minimum absolute atomic E-state index is 0.121. The van der Waals surface area contributed by atoms with Crippen LogP contribution in [0.25, 0.3) is 27.0 Å². The van der Waals surface area contributed by atoms with E-state index in [1.54, 1.807) is 30.9 Å². The van der Waals surface area contributed by atoms with Crippen LogP contribution in [-0.2, 0) is 0 Å². The van der Waals surface area contributed by atoms with Crippen LogP contribution in [0.1, 0.15) is 40.1 Å². The second-order valence-corrected chi connectivity index (χ2v) is 9.48. The number of carbonyl (C=O) groups is 1. The van der Waals surface area contributed by atoms with Crippen LogP contribution in [0.2, 0.25) is 0 Å². The number of hydrogen-bond donors (Lipinski definition) is 2. The molecule has 5 heterocycles. The number of benzene rings is 1. The van der Waals surface area contributed by atoms with Crippen molar-refractivity contribution in [2.45, 2.75) is 13.0 Å². The predicted molar refractivity (Wildman–Crippen MR) is 149 cm³/mol. The summed E-state index contributed by atoms with van der Waals surface area (Å²) in [7, 11) is 0. The lowest BCUT2D eigenvalue weighted by molar-refractivity contribution is 0.0941. The summed E-state index contributed by atoms with van der Waals surface area (Å²) in [4.78, 5) is 27.5. The Morgan fingerprint density at radius 1 is 1.08 bits per heavy atom. The molecule has 0 bridgehead atoms. The summed E-state index contributed by atoms with van der Waals surface area (Å²) in [5.74, 6) is 6.24. The standard InChI is InChI=1S/C29H21N7OS/c1-18(33-28(37)24-26(30)35-36-15-5-12-32-27(24)36)25-22(20-6-3-2-4-7-20)16-23-21(17-38-29(23)34-25)9-8-19-10-13-31-14-11-19/h2-7,10-18H,1H3,(H2,30,35)(H,33,37). The van der Waals surface area contributed by atoms with Gasteiger partial charge in [0.15, 0.2) is 11.5 Å². The first kappa shape index (κ1) is 23.3. The first-order valence-electron chi connectivity index (χ1n) is 11.9. The Balaban J connectivity index is 1.41. The molecule has 9 heteroatoms. The minimum atomic E-state index is -0.423. The molecule has 0 spiro atoms. The Morgan fingerprint density at radius 2 is 1.89 bits per heavy atom. The molecular weight excluding hydrogens is 494 g/mol. The average Bonchev–Trinajstić information content (AvgIpc) is 3.51. The van der Waals surface area contributed by atoms with E-state index in [9.17, 15) is 4.79 Å². The fourth-order valence-electron chi connectivity index (χ4n) is 4.28. The maximum absolute atomic E-state index is 13.3. The van der Waals surface area contributed by atoms with Crippen molar-refractivity contribution in [1.29, 1.82) is 0 Å². The topological polar surface area (TPSA) is 111 Å². The van der Waals surface area contributed by atoms with E-state index in [0.29, 0.717) is 5.65 Å². The summed E-state index contributed by atoms with van der Waals surface area (Å²) >= 11 is 1.52. The lowest BCUT2D eigenvalue weighted by atomic mass is 9.98. The molecule has 1 amide bonds. The number of amides is 1. The highest BCUT2D eigenvalue weighted by atomic mass is 32.1. The molecule has 3 N–H and O–H groups in total. The maximum Gasteiger partial charge on any atom is 0.259 e. The van der Waals surface area contributed by atoms with Crippen molar-refractivity contribution in [2.75, 3.05) is 5.73 Å². The van der Waals surface area contributed by atoms with Gasteiger partial charge in [0.2, 0.25) is 0 Å². The lowest BCUT2D eigenvalue weighted by Gasteiger charge is -2.18. The third kappa shape index (κ3) is 4.34. The highest BCUT2D eigenvalue weighted by Crippen LogP contribution is 2.34. The van der Waals surface area contributed by atoms with Crippen LogP contribution in [0, 0.1) is 11.8 Å². The highest BCUT2D eigenvalue weighted by Gasteiger charge is 2.24. The third-order valence-corrected chi connectivity index (χ3v) is 7.00. The van der Waals surface area contributed by atoms with E-state index in [2.05, 4.69) is 38.3 Å². The molecule has 0 fully saturated rings. The summed E-state index contributed by atoms with van der Waals surface area (Å²) in [5.41, 5.74) is 11.2. The molecule has 184 valence electrons. The number of rotatable bonds is 4. The van der Waals surface area contributed by atoms with Gasteiger partial charge in [-0.3, -0.25) is 9.78 Å². The van der Waals surface area contributed by atoms with Gasteiger partial charge in [0.25, 0.3) is 5.91 Å². The van der Waals surface area contributed by atoms with Crippen LogP contribution in [-0.4, -0.2) is 30.5 Å². The van der Waals surface area contributed by atoms with Gasteiger partial charge in [-0.1, -0.05) is 42.2 Å². The summed E-state index contributed by atoms with van der Waals surface area (Å²) in [6.45, 7) is 1.91. The van der Waals surface area contributed by atoms with E-state index in [4.69, 9.17) is 10.7 Å². The highest BCUT2D eigenvalue weighted by molar-refractivity contribution is 7.17. The molecule has 0 saturated heterocycles. The number of hydrogen-bond acceptors (Lipinski definition) is 7. The van der Waals surface area contributed by atoms with E-state index >= 15 is 0 Å². The summed E-state index contributed by atoms with van der Waals surface area (Å²) in [6.07, 6.45) is 6.76. The maximum atomic E-state index is 13.3. The van der Waals surface area contributed by atoms with Gasteiger partial charge < -0.3 is 11.1 Å². The molecule has 38 heavy (non-hydrogen) atoms. The van der Waals surface area contributed by atoms with E-state index in [1.165, 1.54) is 15.9 Å². The molecule has 0 aliphatic heterocycles. The van der Waals surface area contributed by atoms with Crippen molar-refractivity contribution in [3.05, 3.63) is 107 Å². The summed E-state index contributed by atoms with van der Waals surface area (Å²) in [6, 6.07) is 17.2. The number of thiophene rings is 1. The third-order valence-electron chi connectivity index (χ3n) is 6.11. The van der Waals surface area contributed by atoms with Gasteiger partial charge in [-0.25, -0.2) is 14.5 Å². The van der Waals surface area contributed by atoms with Crippen LogP contribution in [0.3, 0.4) is 0 Å². The van der Waals surface area contributed by atoms with Crippen LogP contribution in [0.5, 0.6) is 0 Å². The number of pyridine rings is 2. The van der Waals surface area contributed by atoms with Crippen LogP contribution >= 0.6 is 11.3 Å². The quantitative estimate of drug-likeness (QED) is 0.324. The van der Waals surface area contributed by atoms with E-state index < -0.39 is 6.04 Å². The fourth-order valence-corrected chi connectivity index (χ4v) is 5.14. The molecule has 6 aromatic rings. The van der Waals surface area contributed by atoms with Crippen molar-refractivity contribution in [3.8, 4) is 23.0 Å². The lowest BCUT2D eigenvalue weighted by Crippen LogP contribution is -2.28. The van der Waals surface area contributed by atoms with Crippen LogP contribution in [0.4, 0.5) is 5.82 Å². The van der Waals surface area contributed by atoms with Gasteiger partial charge in [0.05, 0.1) is 11.7 Å². The first-order valence-corrected chi connectivity index (χ1v) is 12.8. The smallest absolute Gasteiger partial charge is 0.259 e. The number of carbonyl (C=O) groups excluding carboxylic acids is 1. The molecule has 1 aromatic carbocycles. The fraction of sp³-hybridized carbons (Fsp3) is 0.0690.